The molecule has 5 nitrogen and oxygen atoms in total. The molecule has 0 spiro atoms. The Labute approximate surface area is 195 Å². The van der Waals surface area contributed by atoms with Crippen molar-refractivity contribution in [3.63, 3.8) is 0 Å². The van der Waals surface area contributed by atoms with Crippen LogP contribution in [-0.4, -0.2) is 17.4 Å². The molecule has 1 atom stereocenters. The molecule has 0 aliphatic heterocycles. The number of rotatable bonds is 7. The van der Waals surface area contributed by atoms with Crippen molar-refractivity contribution in [2.45, 2.75) is 38.1 Å². The molecule has 1 amide bonds. The van der Waals surface area contributed by atoms with Crippen LogP contribution in [0.25, 0.3) is 11.1 Å². The second-order valence-corrected chi connectivity index (χ2v) is 8.86. The van der Waals surface area contributed by atoms with Crippen LogP contribution in [0.5, 0.6) is 0 Å². The van der Waals surface area contributed by atoms with E-state index in [4.69, 9.17) is 11.0 Å². The lowest BCUT2D eigenvalue weighted by Gasteiger charge is -2.28. The van der Waals surface area contributed by atoms with E-state index in [2.05, 4.69) is 28.5 Å². The molecular formula is C28H30N4O. The predicted molar refractivity (Wildman–Crippen MR) is 130 cm³/mol. The first-order chi connectivity index (χ1) is 16.2. The topological polar surface area (TPSA) is 91.8 Å². The summed E-state index contributed by atoms with van der Waals surface area (Å²) in [4.78, 5) is 17.8. The third-order valence-electron chi connectivity index (χ3n) is 6.64. The van der Waals surface area contributed by atoms with Gasteiger partial charge in [-0.1, -0.05) is 42.5 Å². The van der Waals surface area contributed by atoms with Crippen molar-refractivity contribution in [1.82, 2.24) is 10.3 Å². The predicted octanol–water partition coefficient (Wildman–Crippen LogP) is 4.79. The van der Waals surface area contributed by atoms with E-state index in [0.717, 1.165) is 48.1 Å². The SMILES string of the molecule is N#Cc1ccc(-c2ccnc(C(Cc3ccccc3)NC(=O)C3CCC(CN)CC3)c2)cc1. The number of carbonyl (C=O) groups is 1. The van der Waals surface area contributed by atoms with Crippen molar-refractivity contribution in [3.8, 4) is 17.2 Å². The average molecular weight is 439 g/mol. The standard InChI is InChI=1S/C28H30N4O/c29-18-21-6-10-23(11-7-21)25-14-15-31-26(17-25)27(16-20-4-2-1-3-5-20)32-28(33)24-12-8-22(19-30)9-13-24/h1-7,10-11,14-15,17,22,24,27H,8-9,12-13,16,19,30H2,(H,32,33). The number of nitrogens with one attached hydrogen (secondary N) is 1. The summed E-state index contributed by atoms with van der Waals surface area (Å²) >= 11 is 0. The van der Waals surface area contributed by atoms with Crippen LogP contribution in [0.15, 0.2) is 72.9 Å². The van der Waals surface area contributed by atoms with E-state index in [-0.39, 0.29) is 17.9 Å². The molecule has 0 bridgehead atoms. The largest absolute Gasteiger partial charge is 0.347 e. The first-order valence-corrected chi connectivity index (χ1v) is 11.7. The maximum atomic E-state index is 13.2. The van der Waals surface area contributed by atoms with E-state index in [0.29, 0.717) is 24.4 Å². The highest BCUT2D eigenvalue weighted by molar-refractivity contribution is 5.79. The Bertz CT molecular complexity index is 1100. The monoisotopic (exact) mass is 438 g/mol. The van der Waals surface area contributed by atoms with Crippen LogP contribution in [0.1, 0.15) is 48.5 Å². The van der Waals surface area contributed by atoms with Crippen LogP contribution < -0.4 is 11.1 Å². The van der Waals surface area contributed by atoms with Crippen LogP contribution in [-0.2, 0) is 11.2 Å². The third kappa shape index (κ3) is 5.85. The van der Waals surface area contributed by atoms with Crippen molar-refractivity contribution >= 4 is 5.91 Å². The smallest absolute Gasteiger partial charge is 0.223 e. The van der Waals surface area contributed by atoms with Gasteiger partial charge in [-0.15, -0.1) is 0 Å². The number of hydrogen-bond donors (Lipinski definition) is 2. The van der Waals surface area contributed by atoms with Crippen molar-refractivity contribution in [3.05, 3.63) is 89.7 Å². The van der Waals surface area contributed by atoms with Crippen molar-refractivity contribution < 1.29 is 4.79 Å². The Morgan fingerprint density at radius 2 is 1.76 bits per heavy atom. The molecule has 33 heavy (non-hydrogen) atoms. The van der Waals surface area contributed by atoms with Gasteiger partial charge < -0.3 is 11.1 Å². The molecule has 3 N–H and O–H groups in total. The van der Waals surface area contributed by atoms with E-state index < -0.39 is 0 Å². The second kappa shape index (κ2) is 10.9. The molecule has 1 aliphatic rings. The molecule has 1 unspecified atom stereocenters. The van der Waals surface area contributed by atoms with Gasteiger partial charge in [0.05, 0.1) is 23.4 Å². The summed E-state index contributed by atoms with van der Waals surface area (Å²) in [7, 11) is 0. The van der Waals surface area contributed by atoms with Gasteiger partial charge in [-0.3, -0.25) is 9.78 Å². The van der Waals surface area contributed by atoms with E-state index in [1.54, 1.807) is 6.20 Å². The minimum atomic E-state index is -0.217. The molecule has 5 heteroatoms. The third-order valence-corrected chi connectivity index (χ3v) is 6.64. The second-order valence-electron chi connectivity index (χ2n) is 8.86. The lowest BCUT2D eigenvalue weighted by atomic mass is 9.81. The Kier molecular flexibility index (Phi) is 7.49. The Morgan fingerprint density at radius 3 is 2.42 bits per heavy atom. The molecule has 2 aromatic carbocycles. The Morgan fingerprint density at radius 1 is 1.03 bits per heavy atom. The maximum Gasteiger partial charge on any atom is 0.223 e. The van der Waals surface area contributed by atoms with E-state index in [1.807, 2.05) is 54.6 Å². The zero-order valence-electron chi connectivity index (χ0n) is 18.8. The van der Waals surface area contributed by atoms with Crippen molar-refractivity contribution in [2.24, 2.45) is 17.6 Å². The average Bonchev–Trinajstić information content (AvgIpc) is 2.89. The highest BCUT2D eigenvalue weighted by Gasteiger charge is 2.28. The van der Waals surface area contributed by atoms with E-state index >= 15 is 0 Å². The maximum absolute atomic E-state index is 13.2. The van der Waals surface area contributed by atoms with E-state index in [1.165, 1.54) is 0 Å². The van der Waals surface area contributed by atoms with Gasteiger partial charge in [-0.05, 0) is 85.5 Å². The highest BCUT2D eigenvalue weighted by atomic mass is 16.1. The molecule has 0 radical (unpaired) electrons. The summed E-state index contributed by atoms with van der Waals surface area (Å²) in [6.45, 7) is 0.705. The molecule has 168 valence electrons. The van der Waals surface area contributed by atoms with Gasteiger partial charge in [-0.2, -0.15) is 5.26 Å². The van der Waals surface area contributed by atoms with Crippen molar-refractivity contribution in [1.29, 1.82) is 5.26 Å². The molecule has 1 fully saturated rings. The summed E-state index contributed by atoms with van der Waals surface area (Å²) in [5, 5.41) is 12.4. The van der Waals surface area contributed by atoms with Gasteiger partial charge in [0.15, 0.2) is 0 Å². The number of benzene rings is 2. The number of aromatic nitrogens is 1. The number of pyridine rings is 1. The fourth-order valence-corrected chi connectivity index (χ4v) is 4.58. The quantitative estimate of drug-likeness (QED) is 0.555. The molecule has 1 heterocycles. The van der Waals surface area contributed by atoms with Gasteiger partial charge in [0.2, 0.25) is 5.91 Å². The van der Waals surface area contributed by atoms with Gasteiger partial charge >= 0.3 is 0 Å². The van der Waals surface area contributed by atoms with E-state index in [9.17, 15) is 4.79 Å². The molecule has 3 aromatic rings. The summed E-state index contributed by atoms with van der Waals surface area (Å²) in [6, 6.07) is 23.6. The van der Waals surface area contributed by atoms with Gasteiger partial charge in [0.1, 0.15) is 0 Å². The van der Waals surface area contributed by atoms with Crippen molar-refractivity contribution in [2.75, 3.05) is 6.54 Å². The fraction of sp³-hybridized carbons (Fsp3) is 0.321. The van der Waals surface area contributed by atoms with Crippen LogP contribution in [0, 0.1) is 23.2 Å². The molecule has 1 aliphatic carbocycles. The fourth-order valence-electron chi connectivity index (χ4n) is 4.58. The molecule has 1 saturated carbocycles. The van der Waals surface area contributed by atoms with Gasteiger partial charge in [-0.25, -0.2) is 0 Å². The lowest BCUT2D eigenvalue weighted by molar-refractivity contribution is -0.127. The van der Waals surface area contributed by atoms with Crippen LogP contribution in [0.3, 0.4) is 0 Å². The number of amides is 1. The highest BCUT2D eigenvalue weighted by Crippen LogP contribution is 2.30. The van der Waals surface area contributed by atoms with Crippen LogP contribution >= 0.6 is 0 Å². The van der Waals surface area contributed by atoms with Gasteiger partial charge in [0.25, 0.3) is 0 Å². The number of nitrogens with zero attached hydrogens (tertiary/aromatic N) is 2. The summed E-state index contributed by atoms with van der Waals surface area (Å²) in [5.74, 6) is 0.685. The van der Waals surface area contributed by atoms with Crippen LogP contribution in [0.2, 0.25) is 0 Å². The normalized spacial score (nSPS) is 18.8. The lowest BCUT2D eigenvalue weighted by Crippen LogP contribution is -2.37. The number of nitriles is 1. The number of nitrogens with two attached hydrogens (primary N) is 1. The Balaban J connectivity index is 1.56. The number of carbonyl (C=O) groups excluding carboxylic acids is 1. The first kappa shape index (κ1) is 22.7. The Hall–Kier alpha value is -3.49. The van der Waals surface area contributed by atoms with Gasteiger partial charge in [0, 0.05) is 12.1 Å². The van der Waals surface area contributed by atoms with Crippen LogP contribution in [0.4, 0.5) is 0 Å². The first-order valence-electron chi connectivity index (χ1n) is 11.7. The summed E-state index contributed by atoms with van der Waals surface area (Å²) in [6.07, 6.45) is 6.29. The number of hydrogen-bond acceptors (Lipinski definition) is 4. The molecule has 4 rings (SSSR count). The molecule has 1 aromatic heterocycles. The summed E-state index contributed by atoms with van der Waals surface area (Å²) < 4.78 is 0. The molecule has 0 saturated heterocycles. The zero-order chi connectivity index (χ0) is 23.0. The minimum absolute atomic E-state index is 0.0350. The minimum Gasteiger partial charge on any atom is -0.347 e. The molecular weight excluding hydrogens is 408 g/mol. The zero-order valence-corrected chi connectivity index (χ0v) is 18.8. The summed E-state index contributed by atoms with van der Waals surface area (Å²) in [5.41, 5.74) is 10.5.